The zero-order valence-corrected chi connectivity index (χ0v) is 18.2. The average molecular weight is 451 g/mol. The van der Waals surface area contributed by atoms with Crippen LogP contribution in [0.5, 0.6) is 5.75 Å². The van der Waals surface area contributed by atoms with Crippen LogP contribution in [0.3, 0.4) is 0 Å². The molecular formula is C24H23ClN4O3. The van der Waals surface area contributed by atoms with E-state index in [0.29, 0.717) is 54.8 Å². The molecule has 0 radical (unpaired) electrons. The molecule has 8 heteroatoms. The Labute approximate surface area is 191 Å². The van der Waals surface area contributed by atoms with Crippen molar-refractivity contribution < 1.29 is 14.3 Å². The van der Waals surface area contributed by atoms with Gasteiger partial charge in [0.2, 0.25) is 0 Å². The van der Waals surface area contributed by atoms with Gasteiger partial charge in [-0.25, -0.2) is 4.79 Å². The molecule has 1 aliphatic rings. The van der Waals surface area contributed by atoms with Gasteiger partial charge in [-0.3, -0.25) is 9.78 Å². The molecule has 0 spiro atoms. The van der Waals surface area contributed by atoms with Crippen molar-refractivity contribution in [2.24, 2.45) is 0 Å². The van der Waals surface area contributed by atoms with Crippen LogP contribution in [0.2, 0.25) is 5.02 Å². The number of benzene rings is 2. The highest BCUT2D eigenvalue weighted by Crippen LogP contribution is 2.28. The summed E-state index contributed by atoms with van der Waals surface area (Å²) < 4.78 is 5.71. The number of ether oxygens (including phenoxy) is 1. The standard InChI is InChI=1S/C24H23ClN4O3/c25-21-16-19(9-10-22(21)32-17-20-8-4-5-11-26-20)27-24(31)29-14-12-28(13-15-29)23(30)18-6-2-1-3-7-18/h1-11,16H,12-15,17H2,(H,27,31). The number of halogens is 1. The number of nitrogens with zero attached hydrogens (tertiary/aromatic N) is 3. The molecule has 0 saturated carbocycles. The van der Waals surface area contributed by atoms with Crippen LogP contribution in [0.4, 0.5) is 10.5 Å². The average Bonchev–Trinajstić information content (AvgIpc) is 2.84. The summed E-state index contributed by atoms with van der Waals surface area (Å²) in [5.74, 6) is 0.502. The minimum atomic E-state index is -0.227. The molecular weight excluding hydrogens is 428 g/mol. The predicted octanol–water partition coefficient (Wildman–Crippen LogP) is 4.30. The molecule has 7 nitrogen and oxygen atoms in total. The van der Waals surface area contributed by atoms with Crippen molar-refractivity contribution in [2.75, 3.05) is 31.5 Å². The molecule has 4 rings (SSSR count). The lowest BCUT2D eigenvalue weighted by atomic mass is 10.2. The maximum atomic E-state index is 12.6. The Bertz CT molecular complexity index is 1070. The van der Waals surface area contributed by atoms with Crippen molar-refractivity contribution in [2.45, 2.75) is 6.61 Å². The van der Waals surface area contributed by atoms with E-state index >= 15 is 0 Å². The summed E-state index contributed by atoms with van der Waals surface area (Å²) in [5.41, 5.74) is 2.03. The van der Waals surface area contributed by atoms with E-state index < -0.39 is 0 Å². The Morgan fingerprint density at radius 3 is 2.34 bits per heavy atom. The molecule has 0 bridgehead atoms. The second kappa shape index (κ2) is 10.2. The monoisotopic (exact) mass is 450 g/mol. The SMILES string of the molecule is O=C(Nc1ccc(OCc2ccccn2)c(Cl)c1)N1CCN(C(=O)c2ccccc2)CC1. The predicted molar refractivity (Wildman–Crippen MR) is 123 cm³/mol. The molecule has 0 unspecified atom stereocenters. The number of carbonyl (C=O) groups is 2. The van der Waals surface area contributed by atoms with Crippen molar-refractivity contribution in [1.82, 2.24) is 14.8 Å². The number of pyridine rings is 1. The van der Waals surface area contributed by atoms with Crippen LogP contribution in [0.25, 0.3) is 0 Å². The third-order valence-corrected chi connectivity index (χ3v) is 5.46. The van der Waals surface area contributed by atoms with Crippen LogP contribution in [-0.2, 0) is 6.61 Å². The zero-order chi connectivity index (χ0) is 22.3. The smallest absolute Gasteiger partial charge is 0.321 e. The number of hydrogen-bond acceptors (Lipinski definition) is 4. The lowest BCUT2D eigenvalue weighted by molar-refractivity contribution is 0.0671. The number of urea groups is 1. The van der Waals surface area contributed by atoms with Crippen molar-refractivity contribution in [3.8, 4) is 5.75 Å². The summed E-state index contributed by atoms with van der Waals surface area (Å²) in [7, 11) is 0. The maximum absolute atomic E-state index is 12.6. The molecule has 1 aliphatic heterocycles. The number of anilines is 1. The van der Waals surface area contributed by atoms with Crippen molar-refractivity contribution in [1.29, 1.82) is 0 Å². The summed E-state index contributed by atoms with van der Waals surface area (Å²) in [6.07, 6.45) is 1.70. The van der Waals surface area contributed by atoms with Gasteiger partial charge in [0.15, 0.2) is 0 Å². The number of rotatable bonds is 5. The lowest BCUT2D eigenvalue weighted by Crippen LogP contribution is -2.51. The van der Waals surface area contributed by atoms with Gasteiger partial charge in [0.25, 0.3) is 5.91 Å². The molecule has 3 aromatic rings. The Morgan fingerprint density at radius 1 is 0.938 bits per heavy atom. The first-order valence-corrected chi connectivity index (χ1v) is 10.7. The summed E-state index contributed by atoms with van der Waals surface area (Å²) in [6.45, 7) is 2.20. The molecule has 1 saturated heterocycles. The number of piperazine rings is 1. The fourth-order valence-electron chi connectivity index (χ4n) is 3.41. The number of carbonyl (C=O) groups excluding carboxylic acids is 2. The van der Waals surface area contributed by atoms with E-state index in [1.165, 1.54) is 0 Å². The second-order valence-electron chi connectivity index (χ2n) is 7.33. The fraction of sp³-hybridized carbons (Fsp3) is 0.208. The molecule has 164 valence electrons. The minimum absolute atomic E-state index is 0.0151. The highest BCUT2D eigenvalue weighted by atomic mass is 35.5. The van der Waals surface area contributed by atoms with Gasteiger partial charge in [0.05, 0.1) is 10.7 Å². The number of amides is 3. The molecule has 0 atom stereocenters. The first-order chi connectivity index (χ1) is 15.6. The fourth-order valence-corrected chi connectivity index (χ4v) is 3.64. The van der Waals surface area contributed by atoms with Crippen molar-refractivity contribution in [3.63, 3.8) is 0 Å². The molecule has 32 heavy (non-hydrogen) atoms. The van der Waals surface area contributed by atoms with Gasteiger partial charge in [-0.2, -0.15) is 0 Å². The summed E-state index contributed by atoms with van der Waals surface area (Å²) >= 11 is 6.32. The van der Waals surface area contributed by atoms with E-state index in [4.69, 9.17) is 16.3 Å². The van der Waals surface area contributed by atoms with Crippen LogP contribution < -0.4 is 10.1 Å². The van der Waals surface area contributed by atoms with Crippen LogP contribution in [0.1, 0.15) is 16.1 Å². The number of aromatic nitrogens is 1. The van der Waals surface area contributed by atoms with Gasteiger partial charge in [-0.05, 0) is 42.5 Å². The third kappa shape index (κ3) is 5.36. The van der Waals surface area contributed by atoms with E-state index in [1.54, 1.807) is 46.3 Å². The minimum Gasteiger partial charge on any atom is -0.486 e. The number of hydrogen-bond donors (Lipinski definition) is 1. The molecule has 0 aliphatic carbocycles. The Hall–Kier alpha value is -3.58. The van der Waals surface area contributed by atoms with Gasteiger partial charge in [-0.1, -0.05) is 35.9 Å². The molecule has 1 aromatic heterocycles. The van der Waals surface area contributed by atoms with E-state index in [-0.39, 0.29) is 11.9 Å². The van der Waals surface area contributed by atoms with Crippen LogP contribution in [0, 0.1) is 0 Å². The Balaban J connectivity index is 1.28. The zero-order valence-electron chi connectivity index (χ0n) is 17.4. The van der Waals surface area contributed by atoms with E-state index in [1.807, 2.05) is 36.4 Å². The van der Waals surface area contributed by atoms with E-state index in [0.717, 1.165) is 5.69 Å². The topological polar surface area (TPSA) is 74.8 Å². The molecule has 1 fully saturated rings. The quantitative estimate of drug-likeness (QED) is 0.628. The van der Waals surface area contributed by atoms with E-state index in [9.17, 15) is 9.59 Å². The molecule has 1 N–H and O–H groups in total. The van der Waals surface area contributed by atoms with Gasteiger partial charge >= 0.3 is 6.03 Å². The third-order valence-electron chi connectivity index (χ3n) is 5.16. The molecule has 2 aromatic carbocycles. The van der Waals surface area contributed by atoms with Crippen LogP contribution in [-0.4, -0.2) is 52.9 Å². The molecule has 2 heterocycles. The largest absolute Gasteiger partial charge is 0.486 e. The first kappa shape index (κ1) is 21.6. The summed E-state index contributed by atoms with van der Waals surface area (Å²) in [4.78, 5) is 32.9. The van der Waals surface area contributed by atoms with E-state index in [2.05, 4.69) is 10.3 Å². The molecule has 3 amide bonds. The summed E-state index contributed by atoms with van der Waals surface area (Å²) in [5, 5.41) is 3.26. The maximum Gasteiger partial charge on any atom is 0.321 e. The Kier molecular flexibility index (Phi) is 6.87. The first-order valence-electron chi connectivity index (χ1n) is 10.3. The van der Waals surface area contributed by atoms with Crippen molar-refractivity contribution >= 4 is 29.2 Å². The summed E-state index contributed by atoms with van der Waals surface area (Å²) in [6, 6.07) is 19.7. The van der Waals surface area contributed by atoms with Crippen LogP contribution >= 0.6 is 11.6 Å². The van der Waals surface area contributed by atoms with Crippen molar-refractivity contribution in [3.05, 3.63) is 89.2 Å². The van der Waals surface area contributed by atoms with Gasteiger partial charge in [0.1, 0.15) is 12.4 Å². The number of nitrogens with one attached hydrogen (secondary N) is 1. The Morgan fingerprint density at radius 2 is 1.66 bits per heavy atom. The van der Waals surface area contributed by atoms with Gasteiger partial charge in [0, 0.05) is 43.6 Å². The highest BCUT2D eigenvalue weighted by Gasteiger charge is 2.25. The highest BCUT2D eigenvalue weighted by molar-refractivity contribution is 6.32. The lowest BCUT2D eigenvalue weighted by Gasteiger charge is -2.34. The van der Waals surface area contributed by atoms with Gasteiger partial charge < -0.3 is 19.9 Å². The normalized spacial score (nSPS) is 13.5. The van der Waals surface area contributed by atoms with Gasteiger partial charge in [-0.15, -0.1) is 0 Å². The van der Waals surface area contributed by atoms with Crippen LogP contribution in [0.15, 0.2) is 72.9 Å². The second-order valence-corrected chi connectivity index (χ2v) is 7.74.